The van der Waals surface area contributed by atoms with E-state index in [9.17, 15) is 9.00 Å². The molecule has 4 nitrogen and oxygen atoms in total. The SMILES string of the molecule is CS(=O)CC(NC(=O)CCc1ccccc1N)c1ccccc1. The van der Waals surface area contributed by atoms with Crippen LogP contribution in [-0.2, 0) is 22.0 Å². The number of benzene rings is 2. The molecule has 0 aliphatic rings. The molecule has 0 aliphatic heterocycles. The highest BCUT2D eigenvalue weighted by molar-refractivity contribution is 7.84. The first-order valence-electron chi connectivity index (χ1n) is 7.54. The lowest BCUT2D eigenvalue weighted by Crippen LogP contribution is -2.32. The zero-order valence-electron chi connectivity index (χ0n) is 13.2. The van der Waals surface area contributed by atoms with Crippen LogP contribution in [0.3, 0.4) is 0 Å². The first kappa shape index (κ1) is 17.2. The highest BCUT2D eigenvalue weighted by Crippen LogP contribution is 2.16. The van der Waals surface area contributed by atoms with Crippen molar-refractivity contribution in [1.82, 2.24) is 5.32 Å². The Kier molecular flexibility index (Phi) is 6.35. The first-order chi connectivity index (χ1) is 11.1. The number of nitrogens with one attached hydrogen (secondary N) is 1. The largest absolute Gasteiger partial charge is 0.399 e. The number of anilines is 1. The van der Waals surface area contributed by atoms with E-state index in [1.54, 1.807) is 6.26 Å². The van der Waals surface area contributed by atoms with Crippen molar-refractivity contribution >= 4 is 22.4 Å². The standard InChI is InChI=1S/C18H22N2O2S/c1-23(22)13-17(15-8-3-2-4-9-15)20-18(21)12-11-14-7-5-6-10-16(14)19/h2-10,17H,11-13,19H2,1H3,(H,20,21). The molecular weight excluding hydrogens is 308 g/mol. The zero-order chi connectivity index (χ0) is 16.7. The molecular formula is C18H22N2O2S. The van der Waals surface area contributed by atoms with Crippen LogP contribution in [0, 0.1) is 0 Å². The Morgan fingerprint density at radius 1 is 1.13 bits per heavy atom. The zero-order valence-corrected chi connectivity index (χ0v) is 14.0. The van der Waals surface area contributed by atoms with E-state index in [0.717, 1.165) is 11.1 Å². The van der Waals surface area contributed by atoms with Crippen LogP contribution >= 0.6 is 0 Å². The Hall–Kier alpha value is -2.14. The van der Waals surface area contributed by atoms with Gasteiger partial charge in [-0.25, -0.2) is 0 Å². The third-order valence-corrected chi connectivity index (χ3v) is 4.42. The van der Waals surface area contributed by atoms with Crippen molar-refractivity contribution in [3.63, 3.8) is 0 Å². The van der Waals surface area contributed by atoms with Gasteiger partial charge in [-0.1, -0.05) is 48.5 Å². The maximum Gasteiger partial charge on any atom is 0.220 e. The second-order valence-corrected chi connectivity index (χ2v) is 6.95. The van der Waals surface area contributed by atoms with Gasteiger partial charge in [0.2, 0.25) is 5.91 Å². The minimum absolute atomic E-state index is 0.0624. The smallest absolute Gasteiger partial charge is 0.220 e. The van der Waals surface area contributed by atoms with E-state index in [4.69, 9.17) is 5.73 Å². The molecule has 23 heavy (non-hydrogen) atoms. The summed E-state index contributed by atoms with van der Waals surface area (Å²) in [5.41, 5.74) is 8.53. The quantitative estimate of drug-likeness (QED) is 0.766. The molecule has 0 bridgehead atoms. The van der Waals surface area contributed by atoms with Gasteiger partial charge in [-0.05, 0) is 23.6 Å². The fourth-order valence-electron chi connectivity index (χ4n) is 2.42. The normalized spacial score (nSPS) is 13.3. The Morgan fingerprint density at radius 2 is 1.78 bits per heavy atom. The fraction of sp³-hybridized carbons (Fsp3) is 0.278. The van der Waals surface area contributed by atoms with E-state index in [-0.39, 0.29) is 11.9 Å². The molecule has 0 saturated carbocycles. The predicted molar refractivity (Wildman–Crippen MR) is 95.4 cm³/mol. The van der Waals surface area contributed by atoms with Crippen molar-refractivity contribution < 1.29 is 9.00 Å². The molecule has 5 heteroatoms. The van der Waals surface area contributed by atoms with Crippen LogP contribution in [0.25, 0.3) is 0 Å². The molecule has 3 N–H and O–H groups in total. The summed E-state index contributed by atoms with van der Waals surface area (Å²) in [6.45, 7) is 0. The number of carbonyl (C=O) groups is 1. The molecule has 2 atom stereocenters. The van der Waals surface area contributed by atoms with Crippen LogP contribution < -0.4 is 11.1 Å². The lowest BCUT2D eigenvalue weighted by molar-refractivity contribution is -0.121. The number of para-hydroxylation sites is 1. The van der Waals surface area contributed by atoms with Gasteiger partial charge in [-0.15, -0.1) is 0 Å². The van der Waals surface area contributed by atoms with Gasteiger partial charge in [0.1, 0.15) is 0 Å². The summed E-state index contributed by atoms with van der Waals surface area (Å²) in [5.74, 6) is 0.344. The number of nitrogen functional groups attached to an aromatic ring is 1. The highest BCUT2D eigenvalue weighted by atomic mass is 32.2. The van der Waals surface area contributed by atoms with Gasteiger partial charge in [-0.2, -0.15) is 0 Å². The lowest BCUT2D eigenvalue weighted by atomic mass is 10.1. The topological polar surface area (TPSA) is 72.2 Å². The summed E-state index contributed by atoms with van der Waals surface area (Å²) in [6, 6.07) is 16.9. The lowest BCUT2D eigenvalue weighted by Gasteiger charge is -2.18. The van der Waals surface area contributed by atoms with Gasteiger partial charge in [-0.3, -0.25) is 9.00 Å². The van der Waals surface area contributed by atoms with Crippen LogP contribution in [0.1, 0.15) is 23.6 Å². The molecule has 1 amide bonds. The van der Waals surface area contributed by atoms with Crippen LogP contribution in [-0.4, -0.2) is 22.1 Å². The fourth-order valence-corrected chi connectivity index (χ4v) is 3.16. The van der Waals surface area contributed by atoms with E-state index in [0.29, 0.717) is 24.3 Å². The first-order valence-corrected chi connectivity index (χ1v) is 9.26. The minimum atomic E-state index is -0.991. The Balaban J connectivity index is 1.98. The van der Waals surface area contributed by atoms with Gasteiger partial charge >= 0.3 is 0 Å². The number of rotatable bonds is 7. The third kappa shape index (κ3) is 5.53. The molecule has 2 unspecified atom stereocenters. The molecule has 0 heterocycles. The van der Waals surface area contributed by atoms with Crippen LogP contribution in [0.4, 0.5) is 5.69 Å². The molecule has 0 saturated heterocycles. The molecule has 2 aromatic carbocycles. The Labute approximate surface area is 139 Å². The molecule has 0 aliphatic carbocycles. The number of hydrogen-bond donors (Lipinski definition) is 2. The number of nitrogens with two attached hydrogens (primary N) is 1. The molecule has 0 radical (unpaired) electrons. The van der Waals surface area contributed by atoms with Gasteiger partial charge in [0, 0.05) is 34.9 Å². The van der Waals surface area contributed by atoms with Crippen LogP contribution in [0.5, 0.6) is 0 Å². The van der Waals surface area contributed by atoms with Crippen LogP contribution in [0.15, 0.2) is 54.6 Å². The number of hydrogen-bond acceptors (Lipinski definition) is 3. The van der Waals surface area contributed by atoms with Gasteiger partial charge < -0.3 is 11.1 Å². The Bertz CT molecular complexity index is 674. The molecule has 122 valence electrons. The van der Waals surface area contributed by atoms with Gasteiger partial charge in [0.15, 0.2) is 0 Å². The molecule has 0 fully saturated rings. The molecule has 0 spiro atoms. The van der Waals surface area contributed by atoms with Crippen molar-refractivity contribution in [3.8, 4) is 0 Å². The summed E-state index contributed by atoms with van der Waals surface area (Å²) in [5, 5.41) is 2.98. The molecule has 2 aromatic rings. The summed E-state index contributed by atoms with van der Waals surface area (Å²) < 4.78 is 11.6. The second kappa shape index (κ2) is 8.48. The molecule has 2 rings (SSSR count). The van der Waals surface area contributed by atoms with Crippen molar-refractivity contribution in [3.05, 3.63) is 65.7 Å². The van der Waals surface area contributed by atoms with E-state index in [1.807, 2.05) is 54.6 Å². The number of aryl methyl sites for hydroxylation is 1. The third-order valence-electron chi connectivity index (χ3n) is 3.62. The summed E-state index contributed by atoms with van der Waals surface area (Å²) >= 11 is 0. The van der Waals surface area contributed by atoms with E-state index >= 15 is 0 Å². The van der Waals surface area contributed by atoms with Crippen molar-refractivity contribution in [2.75, 3.05) is 17.7 Å². The van der Waals surface area contributed by atoms with E-state index < -0.39 is 10.8 Å². The number of carbonyl (C=O) groups excluding carboxylic acids is 1. The Morgan fingerprint density at radius 3 is 2.43 bits per heavy atom. The van der Waals surface area contributed by atoms with Crippen molar-refractivity contribution in [2.24, 2.45) is 0 Å². The van der Waals surface area contributed by atoms with Gasteiger partial charge in [0.05, 0.1) is 6.04 Å². The maximum atomic E-state index is 12.2. The van der Waals surface area contributed by atoms with E-state index in [2.05, 4.69) is 5.32 Å². The maximum absolute atomic E-state index is 12.2. The average Bonchev–Trinajstić information content (AvgIpc) is 2.54. The summed E-state index contributed by atoms with van der Waals surface area (Å²) in [4.78, 5) is 12.2. The average molecular weight is 330 g/mol. The van der Waals surface area contributed by atoms with Crippen molar-refractivity contribution in [2.45, 2.75) is 18.9 Å². The number of amides is 1. The summed E-state index contributed by atoms with van der Waals surface area (Å²) in [7, 11) is -0.991. The summed E-state index contributed by atoms with van der Waals surface area (Å²) in [6.07, 6.45) is 2.59. The van der Waals surface area contributed by atoms with Crippen LogP contribution in [0.2, 0.25) is 0 Å². The van der Waals surface area contributed by atoms with E-state index in [1.165, 1.54) is 0 Å². The van der Waals surface area contributed by atoms with Gasteiger partial charge in [0.25, 0.3) is 0 Å². The second-order valence-electron chi connectivity index (χ2n) is 5.47. The highest BCUT2D eigenvalue weighted by Gasteiger charge is 2.16. The molecule has 0 aromatic heterocycles. The van der Waals surface area contributed by atoms with Crippen molar-refractivity contribution in [1.29, 1.82) is 0 Å². The monoisotopic (exact) mass is 330 g/mol. The predicted octanol–water partition coefficient (Wildman–Crippen LogP) is 2.44. The minimum Gasteiger partial charge on any atom is -0.399 e.